The summed E-state index contributed by atoms with van der Waals surface area (Å²) in [7, 11) is 0. The van der Waals surface area contributed by atoms with Crippen molar-refractivity contribution in [2.75, 3.05) is 6.61 Å². The van der Waals surface area contributed by atoms with Gasteiger partial charge in [0.15, 0.2) is 11.6 Å². The molecule has 6 nitrogen and oxygen atoms in total. The molecule has 118 valence electrons. The second-order valence-corrected chi connectivity index (χ2v) is 6.70. The molecule has 3 fully saturated rings. The molecule has 1 N–H and O–H groups in total. The van der Waals surface area contributed by atoms with Crippen LogP contribution in [0.5, 0.6) is 0 Å². The summed E-state index contributed by atoms with van der Waals surface area (Å²) in [5.74, 6) is -0.599. The fourth-order valence-corrected chi connectivity index (χ4v) is 3.20. The molecule has 0 aromatic heterocycles. The van der Waals surface area contributed by atoms with Gasteiger partial charge < -0.3 is 28.8 Å². The average molecular weight is 298 g/mol. The van der Waals surface area contributed by atoms with E-state index in [9.17, 15) is 5.11 Å². The summed E-state index contributed by atoms with van der Waals surface area (Å²) in [6, 6.07) is 0. The Kier molecular flexibility index (Phi) is 3.38. The highest BCUT2D eigenvalue weighted by Crippen LogP contribution is 2.46. The SMILES string of the molecule is C#CC[C@@]1(O)O[C@H]([C@H]2COC(C)(C)O2)[C@@H]2OC(C)(C)O[C@@H]21. The zero-order valence-electron chi connectivity index (χ0n) is 12.8. The molecule has 3 rings (SSSR count). The minimum Gasteiger partial charge on any atom is -0.363 e. The number of aliphatic hydroxyl groups is 1. The Morgan fingerprint density at radius 1 is 1.05 bits per heavy atom. The Balaban J connectivity index is 1.84. The van der Waals surface area contributed by atoms with Crippen molar-refractivity contribution < 1.29 is 28.8 Å². The minimum atomic E-state index is -1.56. The first-order valence-corrected chi connectivity index (χ1v) is 7.17. The maximum Gasteiger partial charge on any atom is 0.206 e. The van der Waals surface area contributed by atoms with E-state index in [-0.39, 0.29) is 12.5 Å². The first-order valence-electron chi connectivity index (χ1n) is 7.17. The summed E-state index contributed by atoms with van der Waals surface area (Å²) < 4.78 is 28.9. The fraction of sp³-hybridized carbons (Fsp3) is 0.867. The van der Waals surface area contributed by atoms with E-state index in [1.165, 1.54) is 0 Å². The van der Waals surface area contributed by atoms with E-state index in [4.69, 9.17) is 30.1 Å². The van der Waals surface area contributed by atoms with E-state index < -0.39 is 35.7 Å². The van der Waals surface area contributed by atoms with Crippen LogP contribution in [-0.4, -0.2) is 53.5 Å². The Morgan fingerprint density at radius 2 is 1.76 bits per heavy atom. The fourth-order valence-electron chi connectivity index (χ4n) is 3.20. The molecule has 21 heavy (non-hydrogen) atoms. The Bertz CT molecular complexity index is 467. The molecular weight excluding hydrogens is 276 g/mol. The minimum absolute atomic E-state index is 0.0288. The molecule has 0 aliphatic carbocycles. The normalized spacial score (nSPS) is 47.2. The quantitative estimate of drug-likeness (QED) is 0.760. The first-order chi connectivity index (χ1) is 9.66. The standard InChI is InChI=1S/C15H22O6/c1-6-7-15(16)12-11(19-14(4,5)21-12)10(20-15)9-8-17-13(2,3)18-9/h1,9-12,16H,7-8H2,2-5H3/t9-,10-,11+,12+,15-/m1/s1. The van der Waals surface area contributed by atoms with Crippen LogP contribution in [0.4, 0.5) is 0 Å². The molecule has 0 spiro atoms. The van der Waals surface area contributed by atoms with Gasteiger partial charge in [0.1, 0.15) is 24.4 Å². The summed E-state index contributed by atoms with van der Waals surface area (Å²) in [5.41, 5.74) is 0. The maximum atomic E-state index is 10.7. The van der Waals surface area contributed by atoms with Crippen LogP contribution in [0.25, 0.3) is 0 Å². The number of rotatable bonds is 2. The van der Waals surface area contributed by atoms with Gasteiger partial charge in [-0.25, -0.2) is 0 Å². The summed E-state index contributed by atoms with van der Waals surface area (Å²) in [4.78, 5) is 0. The summed E-state index contributed by atoms with van der Waals surface area (Å²) >= 11 is 0. The van der Waals surface area contributed by atoms with Crippen LogP contribution in [-0.2, 0) is 23.7 Å². The predicted octanol–water partition coefficient (Wildman–Crippen LogP) is 0.769. The van der Waals surface area contributed by atoms with E-state index in [0.717, 1.165) is 0 Å². The molecule has 0 radical (unpaired) electrons. The topological polar surface area (TPSA) is 66.4 Å². The number of ether oxygens (including phenoxy) is 5. The molecular formula is C15H22O6. The van der Waals surface area contributed by atoms with E-state index in [1.807, 2.05) is 13.8 Å². The van der Waals surface area contributed by atoms with Crippen LogP contribution >= 0.6 is 0 Å². The maximum absolute atomic E-state index is 10.7. The van der Waals surface area contributed by atoms with Crippen molar-refractivity contribution in [3.8, 4) is 12.3 Å². The van der Waals surface area contributed by atoms with Gasteiger partial charge in [0, 0.05) is 0 Å². The van der Waals surface area contributed by atoms with E-state index >= 15 is 0 Å². The third kappa shape index (κ3) is 2.59. The van der Waals surface area contributed by atoms with Gasteiger partial charge in [-0.15, -0.1) is 12.3 Å². The van der Waals surface area contributed by atoms with Crippen molar-refractivity contribution in [3.05, 3.63) is 0 Å². The third-order valence-electron chi connectivity index (χ3n) is 3.99. The Hall–Kier alpha value is -0.680. The number of fused-ring (bicyclic) bond motifs is 1. The van der Waals surface area contributed by atoms with Crippen LogP contribution in [0, 0.1) is 12.3 Å². The van der Waals surface area contributed by atoms with Crippen molar-refractivity contribution in [3.63, 3.8) is 0 Å². The second-order valence-electron chi connectivity index (χ2n) is 6.70. The molecule has 0 aromatic rings. The monoisotopic (exact) mass is 298 g/mol. The van der Waals surface area contributed by atoms with Crippen molar-refractivity contribution in [1.29, 1.82) is 0 Å². The van der Waals surface area contributed by atoms with Crippen LogP contribution in [0.1, 0.15) is 34.1 Å². The Morgan fingerprint density at radius 3 is 2.33 bits per heavy atom. The lowest BCUT2D eigenvalue weighted by molar-refractivity contribution is -0.282. The molecule has 3 saturated heterocycles. The third-order valence-corrected chi connectivity index (χ3v) is 3.99. The molecule has 5 atom stereocenters. The van der Waals surface area contributed by atoms with E-state index in [1.54, 1.807) is 13.8 Å². The van der Waals surface area contributed by atoms with Gasteiger partial charge in [0.05, 0.1) is 13.0 Å². The van der Waals surface area contributed by atoms with Crippen molar-refractivity contribution >= 4 is 0 Å². The van der Waals surface area contributed by atoms with Crippen LogP contribution in [0.3, 0.4) is 0 Å². The smallest absolute Gasteiger partial charge is 0.206 e. The van der Waals surface area contributed by atoms with Gasteiger partial charge in [-0.3, -0.25) is 0 Å². The van der Waals surface area contributed by atoms with Crippen LogP contribution in [0.15, 0.2) is 0 Å². The lowest BCUT2D eigenvalue weighted by Gasteiger charge is -2.30. The van der Waals surface area contributed by atoms with Gasteiger partial charge in [-0.1, -0.05) is 0 Å². The van der Waals surface area contributed by atoms with E-state index in [0.29, 0.717) is 6.61 Å². The molecule has 0 aromatic carbocycles. The zero-order valence-corrected chi connectivity index (χ0v) is 12.8. The van der Waals surface area contributed by atoms with Crippen LogP contribution in [0.2, 0.25) is 0 Å². The van der Waals surface area contributed by atoms with E-state index in [2.05, 4.69) is 5.92 Å². The highest BCUT2D eigenvalue weighted by molar-refractivity contribution is 5.08. The second kappa shape index (κ2) is 4.66. The predicted molar refractivity (Wildman–Crippen MR) is 72.0 cm³/mol. The van der Waals surface area contributed by atoms with Crippen molar-refractivity contribution in [2.45, 2.75) is 75.9 Å². The van der Waals surface area contributed by atoms with Gasteiger partial charge in [-0.05, 0) is 27.7 Å². The molecule has 0 unspecified atom stereocenters. The van der Waals surface area contributed by atoms with Crippen molar-refractivity contribution in [1.82, 2.24) is 0 Å². The number of hydrogen-bond donors (Lipinski definition) is 1. The molecule has 0 bridgehead atoms. The van der Waals surface area contributed by atoms with Gasteiger partial charge in [0.2, 0.25) is 5.79 Å². The lowest BCUT2D eigenvalue weighted by atomic mass is 10.0. The largest absolute Gasteiger partial charge is 0.363 e. The zero-order chi connectivity index (χ0) is 15.5. The number of terminal acetylenes is 1. The summed E-state index contributed by atoms with van der Waals surface area (Å²) in [6.45, 7) is 7.64. The molecule has 0 amide bonds. The Labute approximate surface area is 124 Å². The van der Waals surface area contributed by atoms with Crippen molar-refractivity contribution in [2.24, 2.45) is 0 Å². The molecule has 3 aliphatic rings. The summed E-state index contributed by atoms with van der Waals surface area (Å²) in [6.07, 6.45) is 3.47. The van der Waals surface area contributed by atoms with Gasteiger partial charge in [-0.2, -0.15) is 0 Å². The highest BCUT2D eigenvalue weighted by atomic mass is 16.8. The lowest BCUT2D eigenvalue weighted by Crippen LogP contribution is -2.43. The molecule has 6 heteroatoms. The summed E-state index contributed by atoms with van der Waals surface area (Å²) in [5, 5.41) is 10.7. The molecule has 3 aliphatic heterocycles. The van der Waals surface area contributed by atoms with Gasteiger partial charge >= 0.3 is 0 Å². The number of hydrogen-bond acceptors (Lipinski definition) is 6. The van der Waals surface area contributed by atoms with Crippen LogP contribution < -0.4 is 0 Å². The molecule has 0 saturated carbocycles. The van der Waals surface area contributed by atoms with Gasteiger partial charge in [0.25, 0.3) is 0 Å². The highest BCUT2D eigenvalue weighted by Gasteiger charge is 2.64. The average Bonchev–Trinajstić information content (AvgIpc) is 2.93. The molecule has 3 heterocycles. The first kappa shape index (κ1) is 15.2.